The van der Waals surface area contributed by atoms with Crippen LogP contribution in [0.3, 0.4) is 0 Å². The summed E-state index contributed by atoms with van der Waals surface area (Å²) in [5, 5.41) is 13.7. The van der Waals surface area contributed by atoms with Crippen molar-refractivity contribution in [2.24, 2.45) is 4.99 Å². The van der Waals surface area contributed by atoms with E-state index in [0.717, 1.165) is 29.7 Å². The third-order valence-corrected chi connectivity index (χ3v) is 6.72. The lowest BCUT2D eigenvalue weighted by Gasteiger charge is -2.16. The standard InChI is InChI=1S/C23H24N4O5S/c1-13-5-4-6-14(2)21(13)25-23-26(15-7-8-15)22(29)19(33-23)12-20(28)24-17-10-9-16(27(30)31)11-18(17)32-3/h4-6,9-11,15,19H,7-8,12H2,1-3H3,(H,24,28). The third-order valence-electron chi connectivity index (χ3n) is 5.57. The number of hydrogen-bond donors (Lipinski definition) is 1. The molecule has 1 saturated carbocycles. The molecule has 0 radical (unpaired) electrons. The summed E-state index contributed by atoms with van der Waals surface area (Å²) in [5.41, 5.74) is 3.07. The summed E-state index contributed by atoms with van der Waals surface area (Å²) in [6, 6.07) is 10.0. The number of ether oxygens (including phenoxy) is 1. The molecule has 2 fully saturated rings. The summed E-state index contributed by atoms with van der Waals surface area (Å²) < 4.78 is 5.17. The van der Waals surface area contributed by atoms with Gasteiger partial charge in [0, 0.05) is 18.5 Å². The molecular formula is C23H24N4O5S. The van der Waals surface area contributed by atoms with Gasteiger partial charge in [-0.05, 0) is 43.9 Å². The number of nitro benzene ring substituents is 1. The number of carbonyl (C=O) groups is 2. The maximum absolute atomic E-state index is 13.1. The highest BCUT2D eigenvalue weighted by atomic mass is 32.2. The van der Waals surface area contributed by atoms with Crippen molar-refractivity contribution in [1.82, 2.24) is 4.90 Å². The number of carbonyl (C=O) groups excluding carboxylic acids is 2. The fraction of sp³-hybridized carbons (Fsp3) is 0.348. The summed E-state index contributed by atoms with van der Waals surface area (Å²) in [6.45, 7) is 3.97. The summed E-state index contributed by atoms with van der Waals surface area (Å²) in [6.07, 6.45) is 1.81. The van der Waals surface area contributed by atoms with Gasteiger partial charge in [-0.3, -0.25) is 24.6 Å². The molecule has 0 bridgehead atoms. The monoisotopic (exact) mass is 468 g/mol. The summed E-state index contributed by atoms with van der Waals surface area (Å²) in [5.74, 6) is -0.310. The fourth-order valence-corrected chi connectivity index (χ4v) is 4.91. The molecule has 10 heteroatoms. The van der Waals surface area contributed by atoms with Crippen LogP contribution in [0.4, 0.5) is 17.1 Å². The van der Waals surface area contributed by atoms with Crippen molar-refractivity contribution in [1.29, 1.82) is 0 Å². The molecule has 2 amide bonds. The Labute approximate surface area is 195 Å². The molecule has 1 aliphatic heterocycles. The van der Waals surface area contributed by atoms with Crippen molar-refractivity contribution in [3.05, 3.63) is 57.6 Å². The predicted molar refractivity (Wildman–Crippen MR) is 127 cm³/mol. The lowest BCUT2D eigenvalue weighted by Crippen LogP contribution is -2.35. The van der Waals surface area contributed by atoms with Gasteiger partial charge < -0.3 is 10.1 Å². The van der Waals surface area contributed by atoms with Crippen LogP contribution in [-0.2, 0) is 9.59 Å². The predicted octanol–water partition coefficient (Wildman–Crippen LogP) is 4.34. The molecule has 172 valence electrons. The quantitative estimate of drug-likeness (QED) is 0.477. The molecular weight excluding hydrogens is 444 g/mol. The molecule has 1 heterocycles. The molecule has 4 rings (SSSR count). The zero-order valence-corrected chi connectivity index (χ0v) is 19.3. The van der Waals surface area contributed by atoms with Crippen LogP contribution < -0.4 is 10.1 Å². The average Bonchev–Trinajstić information content (AvgIpc) is 3.56. The van der Waals surface area contributed by atoms with Crippen molar-refractivity contribution < 1.29 is 19.2 Å². The number of rotatable bonds is 7. The van der Waals surface area contributed by atoms with Crippen LogP contribution in [-0.4, -0.2) is 45.2 Å². The van der Waals surface area contributed by atoms with E-state index < -0.39 is 10.2 Å². The first-order valence-corrected chi connectivity index (χ1v) is 11.4. The molecule has 1 N–H and O–H groups in total. The summed E-state index contributed by atoms with van der Waals surface area (Å²) in [7, 11) is 1.37. The molecule has 0 spiro atoms. The number of aliphatic imine (C=N–C) groups is 1. The molecule has 1 aliphatic carbocycles. The molecule has 2 aromatic rings. The third kappa shape index (κ3) is 4.85. The number of non-ortho nitro benzene ring substituents is 1. The Morgan fingerprint density at radius 3 is 2.58 bits per heavy atom. The molecule has 0 aromatic heterocycles. The van der Waals surface area contributed by atoms with Gasteiger partial charge in [0.05, 0.1) is 29.5 Å². The Hall–Kier alpha value is -3.40. The number of anilines is 1. The number of nitro groups is 1. The van der Waals surface area contributed by atoms with Gasteiger partial charge in [-0.25, -0.2) is 4.99 Å². The first kappa shape index (κ1) is 22.8. The van der Waals surface area contributed by atoms with Crippen LogP contribution in [0.1, 0.15) is 30.4 Å². The van der Waals surface area contributed by atoms with Crippen LogP contribution in [0.15, 0.2) is 41.4 Å². The number of aryl methyl sites for hydroxylation is 2. The van der Waals surface area contributed by atoms with Gasteiger partial charge in [0.15, 0.2) is 5.17 Å². The molecule has 9 nitrogen and oxygen atoms in total. The van der Waals surface area contributed by atoms with E-state index in [1.54, 1.807) is 4.90 Å². The van der Waals surface area contributed by atoms with E-state index in [9.17, 15) is 19.7 Å². The van der Waals surface area contributed by atoms with E-state index in [0.29, 0.717) is 10.9 Å². The topological polar surface area (TPSA) is 114 Å². The second-order valence-corrected chi connectivity index (χ2v) is 9.24. The summed E-state index contributed by atoms with van der Waals surface area (Å²) in [4.78, 5) is 42.9. The fourth-order valence-electron chi connectivity index (χ4n) is 3.71. The highest BCUT2D eigenvalue weighted by molar-refractivity contribution is 8.15. The van der Waals surface area contributed by atoms with Crippen molar-refractivity contribution in [2.75, 3.05) is 12.4 Å². The first-order valence-electron chi connectivity index (χ1n) is 10.6. The molecule has 2 aliphatic rings. The van der Waals surface area contributed by atoms with Gasteiger partial charge in [-0.1, -0.05) is 30.0 Å². The minimum atomic E-state index is -0.585. The van der Waals surface area contributed by atoms with Crippen molar-refractivity contribution >= 4 is 45.8 Å². The Balaban J connectivity index is 1.52. The van der Waals surface area contributed by atoms with Crippen molar-refractivity contribution in [3.8, 4) is 5.75 Å². The maximum Gasteiger partial charge on any atom is 0.273 e. The zero-order chi connectivity index (χ0) is 23.7. The van der Waals surface area contributed by atoms with Gasteiger partial charge in [0.25, 0.3) is 5.69 Å². The molecule has 33 heavy (non-hydrogen) atoms. The molecule has 1 saturated heterocycles. The highest BCUT2D eigenvalue weighted by Gasteiger charge is 2.46. The van der Waals surface area contributed by atoms with Crippen LogP contribution in [0.25, 0.3) is 0 Å². The number of para-hydroxylation sites is 1. The molecule has 2 aromatic carbocycles. The van der Waals surface area contributed by atoms with E-state index >= 15 is 0 Å². The van der Waals surface area contributed by atoms with Crippen LogP contribution in [0.5, 0.6) is 5.75 Å². The van der Waals surface area contributed by atoms with Gasteiger partial charge in [-0.15, -0.1) is 0 Å². The number of benzene rings is 2. The average molecular weight is 469 g/mol. The van der Waals surface area contributed by atoms with E-state index in [1.165, 1.54) is 37.1 Å². The Morgan fingerprint density at radius 1 is 1.27 bits per heavy atom. The number of amidine groups is 1. The number of amides is 2. The number of hydrogen-bond acceptors (Lipinski definition) is 7. The second-order valence-electron chi connectivity index (χ2n) is 8.07. The highest BCUT2D eigenvalue weighted by Crippen LogP contribution is 2.40. The Kier molecular flexibility index (Phi) is 6.37. The maximum atomic E-state index is 13.1. The number of methoxy groups -OCH3 is 1. The molecule has 1 unspecified atom stereocenters. The minimum absolute atomic E-state index is 0.0430. The van der Waals surface area contributed by atoms with Gasteiger partial charge in [0.2, 0.25) is 11.8 Å². The normalized spacial score (nSPS) is 19.1. The van der Waals surface area contributed by atoms with Crippen LogP contribution >= 0.6 is 11.8 Å². The van der Waals surface area contributed by atoms with E-state index in [2.05, 4.69) is 5.32 Å². The number of thioether (sulfide) groups is 1. The minimum Gasteiger partial charge on any atom is -0.494 e. The van der Waals surface area contributed by atoms with Crippen LogP contribution in [0.2, 0.25) is 0 Å². The van der Waals surface area contributed by atoms with E-state index in [1.807, 2.05) is 32.0 Å². The van der Waals surface area contributed by atoms with E-state index in [-0.39, 0.29) is 35.7 Å². The Bertz CT molecular complexity index is 1140. The zero-order valence-electron chi connectivity index (χ0n) is 18.5. The first-order chi connectivity index (χ1) is 15.8. The van der Waals surface area contributed by atoms with Gasteiger partial charge >= 0.3 is 0 Å². The summed E-state index contributed by atoms with van der Waals surface area (Å²) >= 11 is 1.31. The smallest absolute Gasteiger partial charge is 0.273 e. The number of nitrogens with zero attached hydrogens (tertiary/aromatic N) is 3. The van der Waals surface area contributed by atoms with Gasteiger partial charge in [-0.2, -0.15) is 0 Å². The van der Waals surface area contributed by atoms with Crippen molar-refractivity contribution in [2.45, 2.75) is 44.4 Å². The van der Waals surface area contributed by atoms with Gasteiger partial charge in [0.1, 0.15) is 11.0 Å². The SMILES string of the molecule is COc1cc([N+](=O)[O-])ccc1NC(=O)CC1SC(=Nc2c(C)cccc2C)N(C2CC2)C1=O. The van der Waals surface area contributed by atoms with Crippen molar-refractivity contribution in [3.63, 3.8) is 0 Å². The van der Waals surface area contributed by atoms with Crippen LogP contribution in [0, 0.1) is 24.0 Å². The Morgan fingerprint density at radius 2 is 1.97 bits per heavy atom. The molecule has 1 atom stereocenters. The number of nitrogens with one attached hydrogen (secondary N) is 1. The van der Waals surface area contributed by atoms with E-state index in [4.69, 9.17) is 9.73 Å². The second kappa shape index (κ2) is 9.22. The lowest BCUT2D eigenvalue weighted by molar-refractivity contribution is -0.384. The largest absolute Gasteiger partial charge is 0.494 e. The lowest BCUT2D eigenvalue weighted by atomic mass is 10.1.